The van der Waals surface area contributed by atoms with Crippen LogP contribution in [0.25, 0.3) is 11.1 Å². The molecule has 1 aromatic heterocycles. The molecule has 0 aliphatic heterocycles. The Kier molecular flexibility index (Phi) is 4.32. The molecule has 0 atom stereocenters. The van der Waals surface area contributed by atoms with E-state index in [-0.39, 0.29) is 5.82 Å². The van der Waals surface area contributed by atoms with Crippen LogP contribution in [-0.2, 0) is 13.1 Å². The second-order valence-corrected chi connectivity index (χ2v) is 4.55. The normalized spacial score (nSPS) is 10.9. The SMILES string of the molecule is CCNCc1ccc(-c2cnn(CC)c2C)c(F)c1. The molecule has 102 valence electrons. The Morgan fingerprint density at radius 1 is 1.26 bits per heavy atom. The predicted octanol–water partition coefficient (Wildman–Crippen LogP) is 3.13. The minimum atomic E-state index is -0.186. The fraction of sp³-hybridized carbons (Fsp3) is 0.400. The summed E-state index contributed by atoms with van der Waals surface area (Å²) >= 11 is 0. The summed E-state index contributed by atoms with van der Waals surface area (Å²) in [5, 5.41) is 7.45. The van der Waals surface area contributed by atoms with Crippen molar-refractivity contribution in [3.05, 3.63) is 41.5 Å². The van der Waals surface area contributed by atoms with Gasteiger partial charge in [0.1, 0.15) is 5.82 Å². The molecule has 2 aromatic rings. The van der Waals surface area contributed by atoms with E-state index in [2.05, 4.69) is 10.4 Å². The van der Waals surface area contributed by atoms with Gasteiger partial charge in [-0.1, -0.05) is 19.1 Å². The molecule has 0 fully saturated rings. The maximum absolute atomic E-state index is 14.2. The van der Waals surface area contributed by atoms with Gasteiger partial charge in [-0.25, -0.2) is 4.39 Å². The predicted molar refractivity (Wildman–Crippen MR) is 75.4 cm³/mol. The van der Waals surface area contributed by atoms with Crippen molar-refractivity contribution < 1.29 is 4.39 Å². The van der Waals surface area contributed by atoms with Crippen LogP contribution in [0.3, 0.4) is 0 Å². The van der Waals surface area contributed by atoms with Crippen molar-refractivity contribution in [2.45, 2.75) is 33.9 Å². The number of aromatic nitrogens is 2. The largest absolute Gasteiger partial charge is 0.313 e. The van der Waals surface area contributed by atoms with Crippen LogP contribution in [0.4, 0.5) is 4.39 Å². The lowest BCUT2D eigenvalue weighted by Gasteiger charge is -2.07. The molecule has 0 radical (unpaired) electrons. The van der Waals surface area contributed by atoms with Gasteiger partial charge in [0.15, 0.2) is 0 Å². The highest BCUT2D eigenvalue weighted by Crippen LogP contribution is 2.26. The molecule has 1 aromatic carbocycles. The molecule has 0 aliphatic carbocycles. The number of rotatable bonds is 5. The Morgan fingerprint density at radius 3 is 2.63 bits per heavy atom. The topological polar surface area (TPSA) is 29.9 Å². The Labute approximate surface area is 113 Å². The van der Waals surface area contributed by atoms with Crippen LogP contribution in [0.15, 0.2) is 24.4 Å². The molecule has 0 bridgehead atoms. The fourth-order valence-corrected chi connectivity index (χ4v) is 2.19. The van der Waals surface area contributed by atoms with Crippen molar-refractivity contribution in [3.8, 4) is 11.1 Å². The molecule has 0 saturated carbocycles. The third-order valence-corrected chi connectivity index (χ3v) is 3.31. The van der Waals surface area contributed by atoms with E-state index in [1.165, 1.54) is 0 Å². The van der Waals surface area contributed by atoms with Crippen molar-refractivity contribution in [1.82, 2.24) is 15.1 Å². The van der Waals surface area contributed by atoms with E-state index in [4.69, 9.17) is 0 Å². The van der Waals surface area contributed by atoms with E-state index < -0.39 is 0 Å². The van der Waals surface area contributed by atoms with Crippen molar-refractivity contribution in [3.63, 3.8) is 0 Å². The average Bonchev–Trinajstić information content (AvgIpc) is 2.77. The van der Waals surface area contributed by atoms with Crippen LogP contribution in [0, 0.1) is 12.7 Å². The molecule has 0 amide bonds. The van der Waals surface area contributed by atoms with E-state index in [1.54, 1.807) is 12.3 Å². The molecule has 0 spiro atoms. The zero-order valence-corrected chi connectivity index (χ0v) is 11.7. The van der Waals surface area contributed by atoms with E-state index in [9.17, 15) is 4.39 Å². The van der Waals surface area contributed by atoms with Crippen LogP contribution >= 0.6 is 0 Å². The molecule has 2 rings (SSSR count). The molecule has 1 N–H and O–H groups in total. The second kappa shape index (κ2) is 5.97. The summed E-state index contributed by atoms with van der Waals surface area (Å²) in [4.78, 5) is 0. The number of benzene rings is 1. The molecule has 4 heteroatoms. The molecule has 0 unspecified atom stereocenters. The van der Waals surface area contributed by atoms with Crippen molar-refractivity contribution in [2.24, 2.45) is 0 Å². The van der Waals surface area contributed by atoms with E-state index in [1.807, 2.05) is 37.6 Å². The highest BCUT2D eigenvalue weighted by atomic mass is 19.1. The summed E-state index contributed by atoms with van der Waals surface area (Å²) in [6.45, 7) is 8.41. The van der Waals surface area contributed by atoms with Crippen molar-refractivity contribution in [2.75, 3.05) is 6.54 Å². The first-order valence-electron chi connectivity index (χ1n) is 6.69. The van der Waals surface area contributed by atoms with Gasteiger partial charge in [-0.05, 0) is 32.0 Å². The quantitative estimate of drug-likeness (QED) is 0.896. The highest BCUT2D eigenvalue weighted by Gasteiger charge is 2.12. The number of hydrogen-bond donors (Lipinski definition) is 1. The number of nitrogens with one attached hydrogen (secondary N) is 1. The Hall–Kier alpha value is -1.68. The Morgan fingerprint density at radius 2 is 2.05 bits per heavy atom. The summed E-state index contributed by atoms with van der Waals surface area (Å²) < 4.78 is 16.1. The molecule has 1 heterocycles. The molecule has 3 nitrogen and oxygen atoms in total. The third-order valence-electron chi connectivity index (χ3n) is 3.31. The second-order valence-electron chi connectivity index (χ2n) is 4.55. The van der Waals surface area contributed by atoms with Gasteiger partial charge in [0, 0.05) is 29.9 Å². The molecule has 0 aliphatic rings. The van der Waals surface area contributed by atoms with Gasteiger partial charge in [0.05, 0.1) is 6.20 Å². The van der Waals surface area contributed by atoms with Crippen LogP contribution < -0.4 is 5.32 Å². The minimum Gasteiger partial charge on any atom is -0.313 e. The molecular weight excluding hydrogens is 241 g/mol. The summed E-state index contributed by atoms with van der Waals surface area (Å²) in [7, 11) is 0. The first-order valence-corrected chi connectivity index (χ1v) is 6.69. The monoisotopic (exact) mass is 261 g/mol. The first kappa shape index (κ1) is 13.7. The smallest absolute Gasteiger partial charge is 0.131 e. The zero-order valence-electron chi connectivity index (χ0n) is 11.7. The van der Waals surface area contributed by atoms with Crippen LogP contribution in [0.1, 0.15) is 25.1 Å². The van der Waals surface area contributed by atoms with Gasteiger partial charge in [-0.3, -0.25) is 4.68 Å². The number of halogens is 1. The Bertz CT molecular complexity index is 561. The van der Waals surface area contributed by atoms with Gasteiger partial charge >= 0.3 is 0 Å². The third kappa shape index (κ3) is 2.84. The molecule has 19 heavy (non-hydrogen) atoms. The van der Waals surface area contributed by atoms with Crippen LogP contribution in [0.2, 0.25) is 0 Å². The minimum absolute atomic E-state index is 0.186. The standard InChI is InChI=1S/C15H20FN3/c1-4-17-9-12-6-7-13(15(16)8-12)14-10-18-19(5-2)11(14)3/h6-8,10,17H,4-5,9H2,1-3H3. The Balaban J connectivity index is 2.32. The summed E-state index contributed by atoms with van der Waals surface area (Å²) in [5.74, 6) is -0.186. The first-order chi connectivity index (χ1) is 9.17. The van der Waals surface area contributed by atoms with Gasteiger partial charge in [0.25, 0.3) is 0 Å². The fourth-order valence-electron chi connectivity index (χ4n) is 2.19. The average molecular weight is 261 g/mol. The van der Waals surface area contributed by atoms with E-state index in [0.29, 0.717) is 12.1 Å². The summed E-state index contributed by atoms with van der Waals surface area (Å²) in [6.07, 6.45) is 1.74. The van der Waals surface area contributed by atoms with E-state index in [0.717, 1.165) is 29.9 Å². The lowest BCUT2D eigenvalue weighted by molar-refractivity contribution is 0.624. The number of hydrogen-bond acceptors (Lipinski definition) is 2. The summed E-state index contributed by atoms with van der Waals surface area (Å²) in [5.41, 5.74) is 3.45. The number of aryl methyl sites for hydroxylation is 1. The lowest BCUT2D eigenvalue weighted by atomic mass is 10.0. The van der Waals surface area contributed by atoms with Gasteiger partial charge in [0.2, 0.25) is 0 Å². The molecular formula is C15H20FN3. The van der Waals surface area contributed by atoms with Crippen molar-refractivity contribution in [1.29, 1.82) is 0 Å². The molecule has 0 saturated heterocycles. The van der Waals surface area contributed by atoms with Gasteiger partial charge < -0.3 is 5.32 Å². The maximum Gasteiger partial charge on any atom is 0.131 e. The van der Waals surface area contributed by atoms with Gasteiger partial charge in [-0.2, -0.15) is 5.10 Å². The van der Waals surface area contributed by atoms with Crippen LogP contribution in [0.5, 0.6) is 0 Å². The summed E-state index contributed by atoms with van der Waals surface area (Å²) in [6, 6.07) is 5.40. The van der Waals surface area contributed by atoms with Crippen molar-refractivity contribution >= 4 is 0 Å². The zero-order chi connectivity index (χ0) is 13.8. The maximum atomic E-state index is 14.2. The highest BCUT2D eigenvalue weighted by molar-refractivity contribution is 5.66. The van der Waals surface area contributed by atoms with Crippen LogP contribution in [-0.4, -0.2) is 16.3 Å². The number of nitrogens with zero attached hydrogens (tertiary/aromatic N) is 2. The lowest BCUT2D eigenvalue weighted by Crippen LogP contribution is -2.11. The van der Waals surface area contributed by atoms with E-state index >= 15 is 0 Å². The van der Waals surface area contributed by atoms with Gasteiger partial charge in [-0.15, -0.1) is 0 Å².